The molecule has 2 heterocycles. The molecule has 1 amide bonds. The van der Waals surface area contributed by atoms with Crippen LogP contribution in [0.15, 0.2) is 53.6 Å². The highest BCUT2D eigenvalue weighted by Crippen LogP contribution is 2.42. The highest BCUT2D eigenvalue weighted by Gasteiger charge is 2.38. The molecule has 8 heteroatoms. The topological polar surface area (TPSA) is 82.0 Å². The van der Waals surface area contributed by atoms with Crippen molar-refractivity contribution in [3.63, 3.8) is 0 Å². The fraction of sp³-hybridized carbons (Fsp3) is 0.581. The number of carbonyl (C=O) groups is 1. The molecule has 0 radical (unpaired) electrons. The summed E-state index contributed by atoms with van der Waals surface area (Å²) in [6, 6.07) is 5.67. The lowest BCUT2D eigenvalue weighted by atomic mass is 9.70. The second-order valence-corrected chi connectivity index (χ2v) is 13.2. The van der Waals surface area contributed by atoms with Gasteiger partial charge in [-0.2, -0.15) is 0 Å². The number of carbonyl (C=O) groups excluding carboxylic acids is 1. The van der Waals surface area contributed by atoms with Crippen LogP contribution in [0.4, 0.5) is 5.69 Å². The number of halogens is 1. The molecule has 4 aliphatic rings. The van der Waals surface area contributed by atoms with Crippen molar-refractivity contribution in [1.29, 1.82) is 0 Å². The van der Waals surface area contributed by atoms with Gasteiger partial charge in [0.2, 0.25) is 0 Å². The van der Waals surface area contributed by atoms with Crippen LogP contribution >= 0.6 is 23.5 Å². The van der Waals surface area contributed by atoms with Crippen LogP contribution in [0.5, 0.6) is 5.75 Å². The zero-order valence-electron chi connectivity index (χ0n) is 22.9. The number of aliphatic hydroxyl groups excluding tert-OH is 2. The molecule has 1 saturated carbocycles. The van der Waals surface area contributed by atoms with Crippen LogP contribution in [0, 0.1) is 17.8 Å². The largest absolute Gasteiger partial charge is 0.491 e. The first-order chi connectivity index (χ1) is 18.8. The van der Waals surface area contributed by atoms with Crippen LogP contribution in [-0.4, -0.2) is 58.7 Å². The van der Waals surface area contributed by atoms with Gasteiger partial charge in [-0.1, -0.05) is 43.2 Å². The number of rotatable bonds is 3. The Morgan fingerprint density at radius 2 is 2.05 bits per heavy atom. The summed E-state index contributed by atoms with van der Waals surface area (Å²) in [5.74, 6) is 1.30. The van der Waals surface area contributed by atoms with Crippen molar-refractivity contribution >= 4 is 35.1 Å². The Morgan fingerprint density at radius 1 is 1.21 bits per heavy atom. The lowest BCUT2D eigenvalue weighted by molar-refractivity contribution is 0.0458. The number of amides is 1. The van der Waals surface area contributed by atoms with E-state index in [1.165, 1.54) is 23.1 Å². The molecule has 7 atom stereocenters. The Kier molecular flexibility index (Phi) is 9.32. The van der Waals surface area contributed by atoms with E-state index >= 15 is 0 Å². The number of allylic oxidation sites excluding steroid dienone is 3. The summed E-state index contributed by atoms with van der Waals surface area (Å²) < 4.78 is 9.34. The summed E-state index contributed by atoms with van der Waals surface area (Å²) >= 11 is 7.74. The molecule has 5 rings (SSSR count). The van der Waals surface area contributed by atoms with Crippen LogP contribution < -0.4 is 14.4 Å². The van der Waals surface area contributed by atoms with Crippen molar-refractivity contribution < 1.29 is 19.7 Å². The van der Waals surface area contributed by atoms with Crippen LogP contribution in [0.25, 0.3) is 0 Å². The maximum Gasteiger partial charge on any atom is 0.261 e. The molecule has 0 saturated heterocycles. The second kappa shape index (κ2) is 12.7. The molecule has 39 heavy (non-hydrogen) atoms. The fourth-order valence-corrected chi connectivity index (χ4v) is 7.18. The monoisotopic (exact) mass is 572 g/mol. The molecule has 3 N–H and O–H groups in total. The van der Waals surface area contributed by atoms with Crippen LogP contribution in [-0.2, 0) is 0 Å². The highest BCUT2D eigenvalue weighted by atomic mass is 35.5. The Labute approximate surface area is 241 Å². The lowest BCUT2D eigenvalue weighted by Crippen LogP contribution is -2.44. The van der Waals surface area contributed by atoms with Gasteiger partial charge in [0, 0.05) is 29.8 Å². The van der Waals surface area contributed by atoms with Gasteiger partial charge in [0.15, 0.2) is 0 Å². The Balaban J connectivity index is 1.49. The molecule has 2 aliphatic carbocycles. The molecule has 7 unspecified atom stereocenters. The summed E-state index contributed by atoms with van der Waals surface area (Å²) in [5.41, 5.74) is 4.26. The maximum absolute atomic E-state index is 13.1. The molecule has 1 fully saturated rings. The molecule has 212 valence electrons. The predicted molar refractivity (Wildman–Crippen MR) is 159 cm³/mol. The quantitative estimate of drug-likeness (QED) is 0.247. The number of alkyl halides is 1. The van der Waals surface area contributed by atoms with Gasteiger partial charge in [0.25, 0.3) is 5.91 Å². The average Bonchev–Trinajstić information content (AvgIpc) is 3.08. The van der Waals surface area contributed by atoms with E-state index in [1.807, 2.05) is 37.3 Å². The molecule has 6 nitrogen and oxygen atoms in total. The summed E-state index contributed by atoms with van der Waals surface area (Å²) in [4.78, 5) is 15.5. The van der Waals surface area contributed by atoms with E-state index < -0.39 is 12.2 Å². The van der Waals surface area contributed by atoms with E-state index in [2.05, 4.69) is 28.7 Å². The van der Waals surface area contributed by atoms with Gasteiger partial charge in [-0.3, -0.25) is 9.52 Å². The predicted octanol–water partition coefficient (Wildman–Crippen LogP) is 5.64. The molecule has 2 aliphatic heterocycles. The number of fused-ring (bicyclic) bond motifs is 2. The van der Waals surface area contributed by atoms with E-state index in [0.29, 0.717) is 24.5 Å². The number of nitrogens with zero attached hydrogens (tertiary/aromatic N) is 1. The fourth-order valence-electron chi connectivity index (χ4n) is 6.25. The summed E-state index contributed by atoms with van der Waals surface area (Å²) in [6.45, 7) is 6.25. The number of ether oxygens (including phenoxy) is 1. The zero-order chi connectivity index (χ0) is 27.5. The minimum atomic E-state index is -0.619. The Morgan fingerprint density at radius 3 is 2.82 bits per heavy atom. The maximum atomic E-state index is 13.1. The van der Waals surface area contributed by atoms with Gasteiger partial charge in [-0.15, -0.1) is 11.6 Å². The lowest BCUT2D eigenvalue weighted by Gasteiger charge is -2.43. The van der Waals surface area contributed by atoms with Crippen molar-refractivity contribution in [1.82, 2.24) is 4.72 Å². The van der Waals surface area contributed by atoms with Gasteiger partial charge in [0.1, 0.15) is 5.75 Å². The second-order valence-electron chi connectivity index (χ2n) is 11.5. The van der Waals surface area contributed by atoms with E-state index in [0.717, 1.165) is 56.6 Å². The third-order valence-electron chi connectivity index (χ3n) is 8.73. The summed E-state index contributed by atoms with van der Waals surface area (Å²) in [7, 11) is 0. The van der Waals surface area contributed by atoms with Crippen LogP contribution in [0.1, 0.15) is 62.7 Å². The van der Waals surface area contributed by atoms with Crippen molar-refractivity contribution in [2.24, 2.45) is 17.8 Å². The van der Waals surface area contributed by atoms with Crippen LogP contribution in [0.2, 0.25) is 0 Å². The molecular weight excluding hydrogens is 532 g/mol. The SMILES string of the molecule is CCCC1=C(C2COc3ccc4cc3N(C2)CC2CCC2C(O)/C=C/CC(O)C(C)SNC4=O)C=CC(Cl)C1. The molecular formula is C31H41ClN2O4S. The number of benzene rings is 1. The summed E-state index contributed by atoms with van der Waals surface area (Å²) in [6.07, 6.45) is 12.4. The van der Waals surface area contributed by atoms with Gasteiger partial charge in [-0.05, 0) is 86.6 Å². The molecule has 1 aromatic rings. The van der Waals surface area contributed by atoms with Gasteiger partial charge >= 0.3 is 0 Å². The first-order valence-corrected chi connectivity index (χ1v) is 15.7. The average molecular weight is 573 g/mol. The highest BCUT2D eigenvalue weighted by molar-refractivity contribution is 7.98. The van der Waals surface area contributed by atoms with Crippen molar-refractivity contribution in [3.8, 4) is 5.75 Å². The van der Waals surface area contributed by atoms with Crippen molar-refractivity contribution in [2.45, 2.75) is 75.2 Å². The van der Waals surface area contributed by atoms with Crippen LogP contribution in [0.3, 0.4) is 0 Å². The minimum Gasteiger partial charge on any atom is -0.491 e. The normalized spacial score (nSPS) is 34.3. The Hall–Kier alpha value is -1.93. The van der Waals surface area contributed by atoms with E-state index in [-0.39, 0.29) is 28.4 Å². The first-order valence-electron chi connectivity index (χ1n) is 14.4. The number of aliphatic hydroxyl groups is 2. The van der Waals surface area contributed by atoms with Gasteiger partial charge in [0.05, 0.1) is 29.9 Å². The third-order valence-corrected chi connectivity index (χ3v) is 10.0. The number of nitrogens with one attached hydrogen (secondary N) is 1. The standard InChI is InChI=1S/C31H41ClN2O4S/c1-3-5-20-14-24(32)10-12-25(20)23-17-34-16-22-8-11-26(22)29(36)7-4-6-28(35)19(2)39-33-31(37)21-9-13-30(38-18-23)27(34)15-21/h4,7,9-10,12-13,15,19,22-24,26,28-29,35-36H,3,5-6,8,11,14,16-18H2,1-2H3,(H,33,37)/b7-4+. The smallest absolute Gasteiger partial charge is 0.261 e. The molecule has 0 spiro atoms. The Bertz CT molecular complexity index is 1140. The number of hydrogen-bond donors (Lipinski definition) is 3. The third kappa shape index (κ3) is 6.53. The van der Waals surface area contributed by atoms with Gasteiger partial charge < -0.3 is 19.8 Å². The summed E-state index contributed by atoms with van der Waals surface area (Å²) in [5, 5.41) is 21.4. The van der Waals surface area contributed by atoms with Crippen molar-refractivity contribution in [3.05, 3.63) is 59.2 Å². The minimum absolute atomic E-state index is 0.0372. The molecule has 0 aromatic heterocycles. The van der Waals surface area contributed by atoms with E-state index in [1.54, 1.807) is 0 Å². The molecule has 2 bridgehead atoms. The van der Waals surface area contributed by atoms with Crippen molar-refractivity contribution in [2.75, 3.05) is 24.6 Å². The van der Waals surface area contributed by atoms with Gasteiger partial charge in [-0.25, -0.2) is 0 Å². The molecule has 1 aromatic carbocycles. The van der Waals surface area contributed by atoms with E-state index in [4.69, 9.17) is 16.3 Å². The first kappa shape index (κ1) is 28.6. The number of anilines is 1. The van der Waals surface area contributed by atoms with E-state index in [9.17, 15) is 15.0 Å². The zero-order valence-corrected chi connectivity index (χ0v) is 24.5. The number of hydrogen-bond acceptors (Lipinski definition) is 6.